The van der Waals surface area contributed by atoms with E-state index in [1.54, 1.807) is 7.11 Å². The highest BCUT2D eigenvalue weighted by molar-refractivity contribution is 7.88. The summed E-state index contributed by atoms with van der Waals surface area (Å²) in [6.45, 7) is 2.64. The van der Waals surface area contributed by atoms with Crippen molar-refractivity contribution in [3.63, 3.8) is 0 Å². The van der Waals surface area contributed by atoms with E-state index in [1.807, 2.05) is 31.2 Å². The molecule has 128 valence electrons. The number of sulfonamides is 1. The molecule has 1 heterocycles. The van der Waals surface area contributed by atoms with Crippen molar-refractivity contribution in [1.29, 1.82) is 0 Å². The zero-order valence-electron chi connectivity index (χ0n) is 13.8. The molecule has 1 aliphatic rings. The fraction of sp³-hybridized carbons (Fsp3) is 0.562. The fourth-order valence-electron chi connectivity index (χ4n) is 2.89. The van der Waals surface area contributed by atoms with Crippen molar-refractivity contribution in [2.45, 2.75) is 25.8 Å². The van der Waals surface area contributed by atoms with Crippen molar-refractivity contribution in [2.24, 2.45) is 5.92 Å². The summed E-state index contributed by atoms with van der Waals surface area (Å²) < 4.78 is 30.0. The zero-order chi connectivity index (χ0) is 17.0. The number of carbonyl (C=O) groups excluding carboxylic acids is 1. The van der Waals surface area contributed by atoms with Gasteiger partial charge in [-0.2, -0.15) is 0 Å². The van der Waals surface area contributed by atoms with E-state index in [2.05, 4.69) is 5.32 Å². The van der Waals surface area contributed by atoms with Crippen LogP contribution in [0.3, 0.4) is 0 Å². The summed E-state index contributed by atoms with van der Waals surface area (Å²) in [6, 6.07) is 7.33. The SMILES string of the molecule is COc1ccccc1[C@@H](C)NC(=O)[C@@H]1CCCN(S(C)(=O)=O)C1. The third-order valence-electron chi connectivity index (χ3n) is 4.19. The van der Waals surface area contributed by atoms with Gasteiger partial charge in [0.25, 0.3) is 0 Å². The van der Waals surface area contributed by atoms with E-state index in [9.17, 15) is 13.2 Å². The molecule has 0 bridgehead atoms. The van der Waals surface area contributed by atoms with Gasteiger partial charge >= 0.3 is 0 Å². The molecule has 1 aromatic rings. The third kappa shape index (κ3) is 4.45. The molecule has 2 rings (SSSR count). The Bertz CT molecular complexity index is 660. The first-order valence-electron chi connectivity index (χ1n) is 7.71. The molecule has 0 aliphatic carbocycles. The molecule has 7 heteroatoms. The second-order valence-corrected chi connectivity index (χ2v) is 7.91. The predicted octanol–water partition coefficient (Wildman–Crippen LogP) is 1.54. The summed E-state index contributed by atoms with van der Waals surface area (Å²) in [5.74, 6) is 0.300. The van der Waals surface area contributed by atoms with Crippen molar-refractivity contribution in [1.82, 2.24) is 9.62 Å². The number of hydrogen-bond donors (Lipinski definition) is 1. The number of hydrogen-bond acceptors (Lipinski definition) is 4. The second kappa shape index (κ2) is 7.31. The van der Waals surface area contributed by atoms with Crippen LogP contribution < -0.4 is 10.1 Å². The minimum Gasteiger partial charge on any atom is -0.496 e. The Morgan fingerprint density at radius 2 is 2.09 bits per heavy atom. The normalized spacial score (nSPS) is 20.7. The third-order valence-corrected chi connectivity index (χ3v) is 5.46. The van der Waals surface area contributed by atoms with Crippen LogP contribution in [-0.2, 0) is 14.8 Å². The molecule has 0 radical (unpaired) electrons. The molecule has 1 amide bonds. The number of carbonyl (C=O) groups is 1. The van der Waals surface area contributed by atoms with Crippen molar-refractivity contribution < 1.29 is 17.9 Å². The van der Waals surface area contributed by atoms with E-state index in [4.69, 9.17) is 4.74 Å². The minimum absolute atomic E-state index is 0.114. The smallest absolute Gasteiger partial charge is 0.224 e. The van der Waals surface area contributed by atoms with E-state index in [-0.39, 0.29) is 24.4 Å². The standard InChI is InChI=1S/C16H24N2O4S/c1-12(14-8-4-5-9-15(14)22-2)17-16(19)13-7-6-10-18(11-13)23(3,20)21/h4-5,8-9,12-13H,6-7,10-11H2,1-3H3,(H,17,19)/t12-,13-/m1/s1. The molecule has 6 nitrogen and oxygen atoms in total. The molecule has 0 unspecified atom stereocenters. The van der Waals surface area contributed by atoms with Crippen molar-refractivity contribution >= 4 is 15.9 Å². The molecule has 2 atom stereocenters. The molecule has 0 saturated carbocycles. The van der Waals surface area contributed by atoms with Gasteiger partial charge in [-0.3, -0.25) is 4.79 Å². The fourth-order valence-corrected chi connectivity index (χ4v) is 3.80. The molecule has 23 heavy (non-hydrogen) atoms. The average Bonchev–Trinajstić information content (AvgIpc) is 2.54. The van der Waals surface area contributed by atoms with Gasteiger partial charge in [0.1, 0.15) is 5.75 Å². The van der Waals surface area contributed by atoms with Gasteiger partial charge < -0.3 is 10.1 Å². The maximum Gasteiger partial charge on any atom is 0.224 e. The van der Waals surface area contributed by atoms with Gasteiger partial charge in [-0.1, -0.05) is 18.2 Å². The highest BCUT2D eigenvalue weighted by Crippen LogP contribution is 2.25. The first-order chi connectivity index (χ1) is 10.8. The van der Waals surface area contributed by atoms with Crippen LogP contribution in [0.4, 0.5) is 0 Å². The van der Waals surface area contributed by atoms with E-state index in [0.717, 1.165) is 11.3 Å². The Labute approximate surface area is 137 Å². The Morgan fingerprint density at radius 1 is 1.39 bits per heavy atom. The quantitative estimate of drug-likeness (QED) is 0.882. The van der Waals surface area contributed by atoms with Crippen LogP contribution in [0.5, 0.6) is 5.75 Å². The highest BCUT2D eigenvalue weighted by Gasteiger charge is 2.30. The summed E-state index contributed by atoms with van der Waals surface area (Å²) in [6.07, 6.45) is 2.59. The largest absolute Gasteiger partial charge is 0.496 e. The van der Waals surface area contributed by atoms with Crippen LogP contribution >= 0.6 is 0 Å². The molecular weight excluding hydrogens is 316 g/mol. The van der Waals surface area contributed by atoms with Gasteiger partial charge in [-0.25, -0.2) is 12.7 Å². The Hall–Kier alpha value is -1.60. The number of methoxy groups -OCH3 is 1. The van der Waals surface area contributed by atoms with E-state index in [1.165, 1.54) is 10.6 Å². The predicted molar refractivity (Wildman–Crippen MR) is 88.7 cm³/mol. The molecule has 1 aromatic carbocycles. The highest BCUT2D eigenvalue weighted by atomic mass is 32.2. The lowest BCUT2D eigenvalue weighted by atomic mass is 9.97. The number of benzene rings is 1. The number of ether oxygens (including phenoxy) is 1. The van der Waals surface area contributed by atoms with Crippen LogP contribution in [0.25, 0.3) is 0 Å². The molecule has 1 saturated heterocycles. The number of nitrogens with one attached hydrogen (secondary N) is 1. The average molecular weight is 340 g/mol. The number of rotatable bonds is 5. The van der Waals surface area contributed by atoms with Gasteiger partial charge in [0, 0.05) is 18.7 Å². The van der Waals surface area contributed by atoms with Crippen LogP contribution in [-0.4, -0.2) is 45.1 Å². The number of piperidine rings is 1. The Kier molecular flexibility index (Phi) is 5.64. The molecular formula is C16H24N2O4S. The molecule has 0 aromatic heterocycles. The minimum atomic E-state index is -3.25. The topological polar surface area (TPSA) is 75.7 Å². The van der Waals surface area contributed by atoms with Crippen LogP contribution in [0.1, 0.15) is 31.4 Å². The lowest BCUT2D eigenvalue weighted by Gasteiger charge is -2.31. The lowest BCUT2D eigenvalue weighted by Crippen LogP contribution is -2.45. The van der Waals surface area contributed by atoms with E-state index < -0.39 is 10.0 Å². The lowest BCUT2D eigenvalue weighted by molar-refractivity contribution is -0.126. The summed E-state index contributed by atoms with van der Waals surface area (Å²) in [5, 5.41) is 2.97. The summed E-state index contributed by atoms with van der Waals surface area (Å²) in [4.78, 5) is 12.5. The van der Waals surface area contributed by atoms with Crippen LogP contribution in [0.15, 0.2) is 24.3 Å². The zero-order valence-corrected chi connectivity index (χ0v) is 14.6. The van der Waals surface area contributed by atoms with Gasteiger partial charge in [0.15, 0.2) is 0 Å². The van der Waals surface area contributed by atoms with E-state index >= 15 is 0 Å². The number of nitrogens with zero attached hydrogens (tertiary/aromatic N) is 1. The van der Waals surface area contributed by atoms with Gasteiger partial charge in [-0.15, -0.1) is 0 Å². The Balaban J connectivity index is 2.03. The van der Waals surface area contributed by atoms with Gasteiger partial charge in [-0.05, 0) is 25.8 Å². The molecule has 1 fully saturated rings. The van der Waals surface area contributed by atoms with Gasteiger partial charge in [0.2, 0.25) is 15.9 Å². The number of amides is 1. The second-order valence-electron chi connectivity index (χ2n) is 5.93. The molecule has 1 aliphatic heterocycles. The molecule has 1 N–H and O–H groups in total. The monoisotopic (exact) mass is 340 g/mol. The van der Waals surface area contributed by atoms with Crippen molar-refractivity contribution in [2.75, 3.05) is 26.5 Å². The first-order valence-corrected chi connectivity index (χ1v) is 9.56. The Morgan fingerprint density at radius 3 is 2.74 bits per heavy atom. The summed E-state index contributed by atoms with van der Waals surface area (Å²) in [7, 11) is -1.65. The number of para-hydroxylation sites is 1. The van der Waals surface area contributed by atoms with Crippen molar-refractivity contribution in [3.8, 4) is 5.75 Å². The summed E-state index contributed by atoms with van der Waals surface area (Å²) in [5.41, 5.74) is 0.902. The maximum absolute atomic E-state index is 12.5. The maximum atomic E-state index is 12.5. The summed E-state index contributed by atoms with van der Waals surface area (Å²) >= 11 is 0. The van der Waals surface area contributed by atoms with Crippen LogP contribution in [0.2, 0.25) is 0 Å². The van der Waals surface area contributed by atoms with E-state index in [0.29, 0.717) is 19.4 Å². The van der Waals surface area contributed by atoms with Crippen LogP contribution in [0, 0.1) is 5.92 Å². The first kappa shape index (κ1) is 17.7. The van der Waals surface area contributed by atoms with Gasteiger partial charge in [0.05, 0.1) is 25.3 Å². The molecule has 0 spiro atoms. The van der Waals surface area contributed by atoms with Crippen molar-refractivity contribution in [3.05, 3.63) is 29.8 Å².